The fraction of sp³-hybridized carbons (Fsp3) is 0.421. The number of fused-ring (bicyclic) bond motifs is 1. The molecule has 2 N–H and O–H groups in total. The summed E-state index contributed by atoms with van der Waals surface area (Å²) in [6.07, 6.45) is 4.32. The Labute approximate surface area is 151 Å². The maximum atomic E-state index is 12.6. The summed E-state index contributed by atoms with van der Waals surface area (Å²) in [7, 11) is 1.61. The number of rotatable bonds is 4. The van der Waals surface area contributed by atoms with Crippen molar-refractivity contribution in [3.63, 3.8) is 0 Å². The van der Waals surface area contributed by atoms with Crippen LogP contribution in [0.5, 0.6) is 5.75 Å². The SMILES string of the molecule is COc1ccc(N2C[C@H](NC(=O)[C@@H]3CCc4nc[nH]c4C3)CC2=O)cc1. The van der Waals surface area contributed by atoms with Gasteiger partial charge in [-0.25, -0.2) is 4.98 Å². The van der Waals surface area contributed by atoms with E-state index < -0.39 is 0 Å². The summed E-state index contributed by atoms with van der Waals surface area (Å²) in [6, 6.07) is 7.24. The van der Waals surface area contributed by atoms with Gasteiger partial charge in [0.2, 0.25) is 11.8 Å². The monoisotopic (exact) mass is 354 g/mol. The number of H-pyrrole nitrogens is 1. The van der Waals surface area contributed by atoms with Crippen LogP contribution in [0.3, 0.4) is 0 Å². The van der Waals surface area contributed by atoms with Crippen LogP contribution in [0.4, 0.5) is 5.69 Å². The summed E-state index contributed by atoms with van der Waals surface area (Å²) in [5, 5.41) is 3.06. The van der Waals surface area contributed by atoms with Crippen molar-refractivity contribution < 1.29 is 14.3 Å². The predicted octanol–water partition coefficient (Wildman–Crippen LogP) is 1.44. The maximum absolute atomic E-state index is 12.6. The molecule has 2 aliphatic rings. The Kier molecular flexibility index (Phi) is 4.36. The molecular weight excluding hydrogens is 332 g/mol. The molecule has 1 fully saturated rings. The highest BCUT2D eigenvalue weighted by atomic mass is 16.5. The van der Waals surface area contributed by atoms with Crippen LogP contribution in [0.1, 0.15) is 24.2 Å². The molecule has 7 heteroatoms. The standard InChI is InChI=1S/C19H22N4O3/c1-26-15-5-3-14(4-6-15)23-10-13(9-18(23)24)22-19(25)12-2-7-16-17(8-12)21-11-20-16/h3-6,11-13H,2,7-10H2,1H3,(H,20,21)(H,22,25)/t12-,13-/m1/s1. The first-order chi connectivity index (χ1) is 12.6. The van der Waals surface area contributed by atoms with Crippen LogP contribution in [0, 0.1) is 5.92 Å². The van der Waals surface area contributed by atoms with Gasteiger partial charge in [-0.15, -0.1) is 0 Å². The van der Waals surface area contributed by atoms with Crippen LogP contribution in [0.2, 0.25) is 0 Å². The molecule has 0 bridgehead atoms. The van der Waals surface area contributed by atoms with Crippen molar-refractivity contribution in [1.29, 1.82) is 0 Å². The Morgan fingerprint density at radius 3 is 2.88 bits per heavy atom. The van der Waals surface area contributed by atoms with Gasteiger partial charge in [0.15, 0.2) is 0 Å². The second kappa shape index (κ2) is 6.82. The Hall–Kier alpha value is -2.83. The molecule has 0 unspecified atom stereocenters. The lowest BCUT2D eigenvalue weighted by Gasteiger charge is -2.23. The van der Waals surface area contributed by atoms with Crippen LogP contribution in [-0.4, -0.2) is 41.5 Å². The molecule has 2 amide bonds. The van der Waals surface area contributed by atoms with Crippen molar-refractivity contribution in [2.45, 2.75) is 31.7 Å². The fourth-order valence-electron chi connectivity index (χ4n) is 3.76. The molecule has 1 aliphatic carbocycles. The predicted molar refractivity (Wildman–Crippen MR) is 96.0 cm³/mol. The summed E-state index contributed by atoms with van der Waals surface area (Å²) in [4.78, 5) is 34.1. The number of hydrogen-bond donors (Lipinski definition) is 2. The lowest BCUT2D eigenvalue weighted by atomic mass is 9.89. The molecular formula is C19H22N4O3. The molecule has 0 spiro atoms. The van der Waals surface area contributed by atoms with Gasteiger partial charge in [-0.1, -0.05) is 0 Å². The number of carbonyl (C=O) groups is 2. The molecule has 0 saturated carbocycles. The van der Waals surface area contributed by atoms with Gasteiger partial charge < -0.3 is 19.9 Å². The zero-order chi connectivity index (χ0) is 18.1. The quantitative estimate of drug-likeness (QED) is 0.870. The van der Waals surface area contributed by atoms with Crippen LogP contribution < -0.4 is 15.0 Å². The van der Waals surface area contributed by atoms with Crippen LogP contribution >= 0.6 is 0 Å². The van der Waals surface area contributed by atoms with Gasteiger partial charge in [-0.3, -0.25) is 9.59 Å². The molecule has 2 atom stereocenters. The summed E-state index contributed by atoms with van der Waals surface area (Å²) >= 11 is 0. The van der Waals surface area contributed by atoms with Crippen molar-refractivity contribution in [1.82, 2.24) is 15.3 Å². The van der Waals surface area contributed by atoms with Gasteiger partial charge in [0, 0.05) is 36.7 Å². The van der Waals surface area contributed by atoms with Gasteiger partial charge in [-0.2, -0.15) is 0 Å². The van der Waals surface area contributed by atoms with Crippen LogP contribution in [0.15, 0.2) is 30.6 Å². The van der Waals surface area contributed by atoms with E-state index in [0.717, 1.165) is 35.7 Å². The van der Waals surface area contributed by atoms with E-state index in [1.165, 1.54) is 0 Å². The fourth-order valence-corrected chi connectivity index (χ4v) is 3.76. The number of nitrogens with zero attached hydrogens (tertiary/aromatic N) is 2. The van der Waals surface area contributed by atoms with Crippen molar-refractivity contribution in [2.75, 3.05) is 18.6 Å². The normalized spacial score (nSPS) is 22.2. The van der Waals surface area contributed by atoms with E-state index in [0.29, 0.717) is 19.4 Å². The lowest BCUT2D eigenvalue weighted by Crippen LogP contribution is -2.42. The zero-order valence-electron chi connectivity index (χ0n) is 14.7. The van der Waals surface area contributed by atoms with Crippen molar-refractivity contribution in [3.05, 3.63) is 42.0 Å². The van der Waals surface area contributed by atoms with E-state index in [1.807, 2.05) is 24.3 Å². The number of benzene rings is 1. The Morgan fingerprint density at radius 1 is 1.31 bits per heavy atom. The lowest BCUT2D eigenvalue weighted by molar-refractivity contribution is -0.126. The Morgan fingerprint density at radius 2 is 2.12 bits per heavy atom. The number of aryl methyl sites for hydroxylation is 1. The second-order valence-electron chi connectivity index (χ2n) is 6.88. The minimum absolute atomic E-state index is 0.0274. The number of nitrogens with one attached hydrogen (secondary N) is 2. The molecule has 7 nitrogen and oxygen atoms in total. The average molecular weight is 354 g/mol. The molecule has 4 rings (SSSR count). The number of ether oxygens (including phenoxy) is 1. The third-order valence-electron chi connectivity index (χ3n) is 5.21. The number of hydrogen-bond acceptors (Lipinski definition) is 4. The van der Waals surface area contributed by atoms with E-state index in [9.17, 15) is 9.59 Å². The Balaban J connectivity index is 1.37. The molecule has 1 aliphatic heterocycles. The summed E-state index contributed by atoms with van der Waals surface area (Å²) in [5.41, 5.74) is 2.95. The first kappa shape index (κ1) is 16.6. The molecule has 2 heterocycles. The first-order valence-corrected chi connectivity index (χ1v) is 8.90. The molecule has 1 aromatic heterocycles. The van der Waals surface area contributed by atoms with Crippen LogP contribution in [0.25, 0.3) is 0 Å². The van der Waals surface area contributed by atoms with Gasteiger partial charge in [0.1, 0.15) is 5.75 Å². The highest BCUT2D eigenvalue weighted by Gasteiger charge is 2.34. The van der Waals surface area contributed by atoms with Crippen molar-refractivity contribution in [2.24, 2.45) is 5.92 Å². The summed E-state index contributed by atoms with van der Waals surface area (Å²) in [5.74, 6) is 0.744. The second-order valence-corrected chi connectivity index (χ2v) is 6.88. The number of imidazole rings is 1. The third-order valence-corrected chi connectivity index (χ3v) is 5.21. The van der Waals surface area contributed by atoms with Gasteiger partial charge in [-0.05, 0) is 37.1 Å². The number of carbonyl (C=O) groups excluding carboxylic acids is 2. The third kappa shape index (κ3) is 3.16. The van der Waals surface area contributed by atoms with E-state index in [4.69, 9.17) is 4.74 Å². The molecule has 1 aromatic carbocycles. The van der Waals surface area contributed by atoms with Crippen molar-refractivity contribution in [3.8, 4) is 5.75 Å². The molecule has 2 aromatic rings. The molecule has 26 heavy (non-hydrogen) atoms. The largest absolute Gasteiger partial charge is 0.497 e. The topological polar surface area (TPSA) is 87.3 Å². The van der Waals surface area contributed by atoms with E-state index >= 15 is 0 Å². The van der Waals surface area contributed by atoms with E-state index in [1.54, 1.807) is 18.3 Å². The van der Waals surface area contributed by atoms with Gasteiger partial charge >= 0.3 is 0 Å². The highest BCUT2D eigenvalue weighted by molar-refractivity contribution is 5.97. The zero-order valence-corrected chi connectivity index (χ0v) is 14.7. The number of methoxy groups -OCH3 is 1. The smallest absolute Gasteiger partial charge is 0.229 e. The maximum Gasteiger partial charge on any atom is 0.229 e. The molecule has 1 saturated heterocycles. The number of aromatic nitrogens is 2. The number of amides is 2. The Bertz CT molecular complexity index is 814. The minimum atomic E-state index is -0.153. The van der Waals surface area contributed by atoms with E-state index in [-0.39, 0.29) is 23.8 Å². The van der Waals surface area contributed by atoms with Gasteiger partial charge in [0.25, 0.3) is 0 Å². The highest BCUT2D eigenvalue weighted by Crippen LogP contribution is 2.26. The summed E-state index contributed by atoms with van der Waals surface area (Å²) in [6.45, 7) is 0.499. The average Bonchev–Trinajstić information content (AvgIpc) is 3.27. The van der Waals surface area contributed by atoms with Crippen molar-refractivity contribution >= 4 is 17.5 Å². The first-order valence-electron chi connectivity index (χ1n) is 8.90. The number of anilines is 1. The van der Waals surface area contributed by atoms with Crippen LogP contribution in [-0.2, 0) is 22.4 Å². The molecule has 0 radical (unpaired) electrons. The minimum Gasteiger partial charge on any atom is -0.497 e. The summed E-state index contributed by atoms with van der Waals surface area (Å²) < 4.78 is 5.15. The molecule has 136 valence electrons. The van der Waals surface area contributed by atoms with Gasteiger partial charge in [0.05, 0.1) is 25.2 Å². The van der Waals surface area contributed by atoms with E-state index in [2.05, 4.69) is 15.3 Å². The number of aromatic amines is 1.